The number of nitrogens with one attached hydrogen (secondary N) is 1. The fourth-order valence-electron chi connectivity index (χ4n) is 4.38. The van der Waals surface area contributed by atoms with Gasteiger partial charge in [-0.15, -0.1) is 0 Å². The highest BCUT2D eigenvalue weighted by Crippen LogP contribution is 2.52. The van der Waals surface area contributed by atoms with Gasteiger partial charge >= 0.3 is 0 Å². The smallest absolute Gasteiger partial charge is 0.255 e. The van der Waals surface area contributed by atoms with E-state index in [0.29, 0.717) is 39.1 Å². The first kappa shape index (κ1) is 30.8. The van der Waals surface area contributed by atoms with Gasteiger partial charge in [0.2, 0.25) is 15.7 Å². The van der Waals surface area contributed by atoms with Gasteiger partial charge in [0.15, 0.2) is 5.82 Å². The van der Waals surface area contributed by atoms with Crippen molar-refractivity contribution >= 4 is 62.9 Å². The lowest BCUT2D eigenvalue weighted by Crippen LogP contribution is -2.32. The third kappa shape index (κ3) is 7.46. The third-order valence-electron chi connectivity index (χ3n) is 6.37. The Balaban J connectivity index is 1.95. The van der Waals surface area contributed by atoms with Crippen LogP contribution in [0.1, 0.15) is 49.0 Å². The molecule has 1 aromatic carbocycles. The number of sulfonamides is 1. The monoisotopic (exact) mass is 674 g/mol. The molecule has 0 aliphatic heterocycles. The zero-order valence-corrected chi connectivity index (χ0v) is 26.9. The fraction of sp³-hybridized carbons (Fsp3) is 0.481. The van der Waals surface area contributed by atoms with Crippen molar-refractivity contribution in [2.75, 3.05) is 50.3 Å². The molecule has 208 valence electrons. The number of benzene rings is 1. The number of halogens is 1. The molecule has 0 aliphatic rings. The molecular weight excluding hydrogens is 636 g/mol. The highest BCUT2D eigenvalue weighted by Gasteiger charge is 2.28. The minimum absolute atomic E-state index is 0.227. The number of hydrogen-bond donors (Lipinski definition) is 1. The molecule has 3 rings (SSSR count). The van der Waals surface area contributed by atoms with Crippen LogP contribution in [0.4, 0.5) is 5.82 Å². The second-order valence-corrected chi connectivity index (χ2v) is 16.6. The van der Waals surface area contributed by atoms with Crippen molar-refractivity contribution in [3.05, 3.63) is 45.0 Å². The predicted molar refractivity (Wildman–Crippen MR) is 166 cm³/mol. The van der Waals surface area contributed by atoms with Gasteiger partial charge in [-0.3, -0.25) is 9.10 Å². The lowest BCUT2D eigenvalue weighted by molar-refractivity contribution is 0.0964. The van der Waals surface area contributed by atoms with Crippen molar-refractivity contribution in [2.45, 2.75) is 39.5 Å². The largest absolute Gasteiger partial charge is 0.437 e. The molecule has 3 aromatic rings. The average molecular weight is 675 g/mol. The zero-order chi connectivity index (χ0) is 28.1. The number of amides is 1. The van der Waals surface area contributed by atoms with Crippen LogP contribution < -0.4 is 9.62 Å². The summed E-state index contributed by atoms with van der Waals surface area (Å²) in [6, 6.07) is 9.63. The summed E-state index contributed by atoms with van der Waals surface area (Å²) in [7, 11) is -3.39. The van der Waals surface area contributed by atoms with Gasteiger partial charge in [-0.25, -0.2) is 12.9 Å². The summed E-state index contributed by atoms with van der Waals surface area (Å²) in [6.45, 7) is 9.49. The van der Waals surface area contributed by atoms with E-state index in [4.69, 9.17) is 8.94 Å². The molecule has 0 saturated carbocycles. The maximum absolute atomic E-state index is 12.9. The Hall–Kier alpha value is -1.75. The van der Waals surface area contributed by atoms with E-state index in [9.17, 15) is 13.2 Å². The summed E-state index contributed by atoms with van der Waals surface area (Å²) < 4.78 is 39.6. The van der Waals surface area contributed by atoms with Crippen molar-refractivity contribution in [3.8, 4) is 11.3 Å². The van der Waals surface area contributed by atoms with Crippen molar-refractivity contribution in [3.63, 3.8) is 0 Å². The molecule has 0 spiro atoms. The number of carbonyl (C=O) groups excluding carboxylic acids is 1. The van der Waals surface area contributed by atoms with Crippen molar-refractivity contribution < 1.29 is 22.2 Å². The Morgan fingerprint density at radius 1 is 1.16 bits per heavy atom. The Morgan fingerprint density at radius 2 is 1.84 bits per heavy atom. The lowest BCUT2D eigenvalue weighted by atomic mass is 10.0. The van der Waals surface area contributed by atoms with Gasteiger partial charge in [0, 0.05) is 19.2 Å². The van der Waals surface area contributed by atoms with E-state index < -0.39 is 17.5 Å². The molecule has 1 amide bonds. The quantitative estimate of drug-likeness (QED) is 0.132. The summed E-state index contributed by atoms with van der Waals surface area (Å²) in [5, 5.41) is 3.23. The number of unbranched alkanes of at least 4 members (excludes halogenated alkanes) is 2. The number of rotatable bonds is 13. The molecule has 2 aromatic heterocycles. The lowest BCUT2D eigenvalue weighted by Gasteiger charge is -2.22. The second-order valence-electron chi connectivity index (χ2n) is 9.69. The molecule has 2 heterocycles. The number of furan rings is 1. The Labute approximate surface area is 240 Å². The molecule has 38 heavy (non-hydrogen) atoms. The summed E-state index contributed by atoms with van der Waals surface area (Å²) in [6.07, 6.45) is 5.68. The highest BCUT2D eigenvalue weighted by molar-refractivity contribution is 14.1. The minimum atomic E-state index is -3.59. The van der Waals surface area contributed by atoms with Gasteiger partial charge in [0.1, 0.15) is 13.2 Å². The standard InChI is InChI=1S/C27H37IN3O5PS/c1-7-19-12-14-20(15-13-19)24-23(26(32)29-3)21-18-22(28)25(30-27(21)36-24)31(38(6,33)34)16-10-9-11-17-37(4,5)35-8-2/h12-15,18H,7-11,16-17H2,1-6H3/p+1. The van der Waals surface area contributed by atoms with Crippen LogP contribution in [0.15, 0.2) is 34.7 Å². The van der Waals surface area contributed by atoms with E-state index in [1.54, 1.807) is 13.1 Å². The van der Waals surface area contributed by atoms with Crippen LogP contribution in [0, 0.1) is 3.57 Å². The maximum Gasteiger partial charge on any atom is 0.255 e. The summed E-state index contributed by atoms with van der Waals surface area (Å²) in [5.41, 5.74) is 2.54. The van der Waals surface area contributed by atoms with Crippen LogP contribution in [0.3, 0.4) is 0 Å². The molecule has 0 aliphatic carbocycles. The fourth-order valence-corrected chi connectivity index (χ4v) is 7.99. The van der Waals surface area contributed by atoms with Crippen molar-refractivity contribution in [1.82, 2.24) is 10.3 Å². The highest BCUT2D eigenvalue weighted by atomic mass is 127. The first-order chi connectivity index (χ1) is 17.9. The topological polar surface area (TPSA) is 102 Å². The van der Waals surface area contributed by atoms with Crippen LogP contribution in [-0.4, -0.2) is 65.3 Å². The number of pyridine rings is 1. The number of fused-ring (bicyclic) bond motifs is 1. The van der Waals surface area contributed by atoms with E-state index in [1.807, 2.05) is 31.2 Å². The van der Waals surface area contributed by atoms with E-state index in [2.05, 4.69) is 53.1 Å². The van der Waals surface area contributed by atoms with Gasteiger partial charge in [-0.1, -0.05) is 31.2 Å². The summed E-state index contributed by atoms with van der Waals surface area (Å²) in [5.74, 6) is 0.433. The Bertz CT molecular complexity index is 1370. The van der Waals surface area contributed by atoms with Crippen LogP contribution in [-0.2, 0) is 21.0 Å². The average Bonchev–Trinajstić information content (AvgIpc) is 3.22. The molecule has 0 unspecified atom stereocenters. The maximum atomic E-state index is 12.9. The number of anilines is 1. The Morgan fingerprint density at radius 3 is 2.42 bits per heavy atom. The number of nitrogens with zero attached hydrogens (tertiary/aromatic N) is 2. The molecule has 0 radical (unpaired) electrons. The molecule has 1 N–H and O–H groups in total. The van der Waals surface area contributed by atoms with Gasteiger partial charge < -0.3 is 9.73 Å². The zero-order valence-electron chi connectivity index (χ0n) is 23.0. The van der Waals surface area contributed by atoms with E-state index in [1.165, 1.54) is 16.1 Å². The van der Waals surface area contributed by atoms with Crippen molar-refractivity contribution in [2.24, 2.45) is 0 Å². The number of hydrogen-bond acceptors (Lipinski definition) is 6. The van der Waals surface area contributed by atoms with E-state index >= 15 is 0 Å². The minimum Gasteiger partial charge on any atom is -0.437 e. The summed E-state index contributed by atoms with van der Waals surface area (Å²) >= 11 is 2.08. The van der Waals surface area contributed by atoms with Crippen LogP contribution in [0.25, 0.3) is 22.4 Å². The molecule has 8 nitrogen and oxygen atoms in total. The molecule has 0 atom stereocenters. The first-order valence-electron chi connectivity index (χ1n) is 12.8. The second kappa shape index (κ2) is 13.1. The van der Waals surface area contributed by atoms with Crippen molar-refractivity contribution in [1.29, 1.82) is 0 Å². The van der Waals surface area contributed by atoms with Gasteiger partial charge in [-0.2, -0.15) is 4.98 Å². The molecular formula is C27H38IN3O5PS+. The van der Waals surface area contributed by atoms with Crippen LogP contribution in [0.2, 0.25) is 0 Å². The normalized spacial score (nSPS) is 12.2. The number of carbonyl (C=O) groups is 1. The molecule has 0 bridgehead atoms. The molecule has 0 saturated heterocycles. The van der Waals surface area contributed by atoms with E-state index in [0.717, 1.165) is 37.6 Å². The van der Waals surface area contributed by atoms with E-state index in [-0.39, 0.29) is 11.6 Å². The third-order valence-corrected chi connectivity index (χ3v) is 10.7. The SMILES string of the molecule is CCO[P+](C)(C)CCCCCN(c1nc2oc(-c3ccc(CC)cc3)c(C(=O)NC)c2cc1I)S(C)(=O)=O. The molecule has 0 fully saturated rings. The number of aromatic nitrogens is 1. The summed E-state index contributed by atoms with van der Waals surface area (Å²) in [4.78, 5) is 17.5. The van der Waals surface area contributed by atoms with Crippen LogP contribution >= 0.6 is 30.1 Å². The molecule has 11 heteroatoms. The number of aryl methyl sites for hydroxylation is 1. The van der Waals surface area contributed by atoms with Crippen LogP contribution in [0.5, 0.6) is 0 Å². The predicted octanol–water partition coefficient (Wildman–Crippen LogP) is 6.19. The Kier molecular flexibility index (Phi) is 10.6. The van der Waals surface area contributed by atoms with Gasteiger partial charge in [-0.05, 0) is 66.8 Å². The van der Waals surface area contributed by atoms with Gasteiger partial charge in [0.25, 0.3) is 5.91 Å². The first-order valence-corrected chi connectivity index (χ1v) is 18.5. The van der Waals surface area contributed by atoms with Gasteiger partial charge in [0.05, 0.1) is 46.9 Å².